The summed E-state index contributed by atoms with van der Waals surface area (Å²) in [6.45, 7) is 0. The fourth-order valence-electron chi connectivity index (χ4n) is 14.0. The normalized spacial score (nSPS) is 15.0. The predicted molar refractivity (Wildman–Crippen MR) is 315 cm³/mol. The Morgan fingerprint density at radius 2 is 0.711 bits per heavy atom. The number of benzene rings is 12. The molecule has 76 heavy (non-hydrogen) atoms. The van der Waals surface area contributed by atoms with Gasteiger partial charge in [-0.3, -0.25) is 0 Å². The molecule has 0 radical (unpaired) electrons. The average Bonchev–Trinajstić information content (AvgIpc) is 4.32. The Labute approximate surface area is 442 Å². The van der Waals surface area contributed by atoms with Crippen LogP contribution in [0, 0.1) is 0 Å². The summed E-state index contributed by atoms with van der Waals surface area (Å²) >= 11 is 0. The molecule has 2 heteroatoms. The molecule has 1 atom stereocenters. The SMILES string of the molecule is c1ccc(-c2ccc(N(c3ccc(-c4ccc5c(c4)C4(c6ccccc6-5)c5ccccc5-n5c6ccccc6c6cccc4c65)cc3)c3ccc4c(c3)C(c3ccccc3)(c3ccccc3)c3ccccc3-4)cc2)cc1. The van der Waals surface area contributed by atoms with Crippen molar-refractivity contribution in [2.75, 3.05) is 4.90 Å². The van der Waals surface area contributed by atoms with Crippen molar-refractivity contribution < 1.29 is 0 Å². The van der Waals surface area contributed by atoms with E-state index in [4.69, 9.17) is 0 Å². The van der Waals surface area contributed by atoms with Crippen LogP contribution < -0.4 is 4.90 Å². The fraction of sp³-hybridized carbons (Fsp3) is 0.0270. The van der Waals surface area contributed by atoms with E-state index in [9.17, 15) is 0 Å². The second-order valence-electron chi connectivity index (χ2n) is 20.7. The second-order valence-corrected chi connectivity index (χ2v) is 20.7. The summed E-state index contributed by atoms with van der Waals surface area (Å²) in [5.74, 6) is 0. The molecule has 0 fully saturated rings. The van der Waals surface area contributed by atoms with E-state index in [1.165, 1.54) is 117 Å². The van der Waals surface area contributed by atoms with Crippen LogP contribution >= 0.6 is 0 Å². The molecule has 0 saturated heterocycles. The van der Waals surface area contributed by atoms with Crippen molar-refractivity contribution in [1.82, 2.24) is 4.57 Å². The maximum atomic E-state index is 2.52. The monoisotopic (exact) mass is 964 g/mol. The van der Waals surface area contributed by atoms with Crippen molar-refractivity contribution in [2.45, 2.75) is 10.8 Å². The van der Waals surface area contributed by atoms with Crippen LogP contribution in [0.2, 0.25) is 0 Å². The second kappa shape index (κ2) is 16.4. The third-order valence-corrected chi connectivity index (χ3v) is 17.1. The van der Waals surface area contributed by atoms with Crippen LogP contribution in [0.15, 0.2) is 291 Å². The van der Waals surface area contributed by atoms with Crippen molar-refractivity contribution in [3.05, 3.63) is 336 Å². The first-order chi connectivity index (χ1) is 37.7. The first-order valence-corrected chi connectivity index (χ1v) is 26.5. The van der Waals surface area contributed by atoms with Gasteiger partial charge < -0.3 is 9.47 Å². The number of anilines is 3. The third-order valence-electron chi connectivity index (χ3n) is 17.1. The van der Waals surface area contributed by atoms with Crippen LogP contribution in [-0.4, -0.2) is 4.57 Å². The van der Waals surface area contributed by atoms with Crippen LogP contribution in [0.3, 0.4) is 0 Å². The number of para-hydroxylation sites is 3. The highest BCUT2D eigenvalue weighted by molar-refractivity contribution is 6.13. The largest absolute Gasteiger partial charge is 0.310 e. The lowest BCUT2D eigenvalue weighted by Crippen LogP contribution is -2.33. The van der Waals surface area contributed by atoms with Gasteiger partial charge in [0.15, 0.2) is 0 Å². The van der Waals surface area contributed by atoms with Gasteiger partial charge in [0.2, 0.25) is 0 Å². The first-order valence-electron chi connectivity index (χ1n) is 26.5. The third kappa shape index (κ3) is 5.81. The molecule has 1 aliphatic heterocycles. The number of fused-ring (bicyclic) bond motifs is 15. The molecule has 2 heterocycles. The van der Waals surface area contributed by atoms with Crippen molar-refractivity contribution in [2.24, 2.45) is 0 Å². The average molecular weight is 965 g/mol. The van der Waals surface area contributed by atoms with Crippen molar-refractivity contribution in [3.63, 3.8) is 0 Å². The molecule has 2 aliphatic carbocycles. The molecule has 0 bridgehead atoms. The van der Waals surface area contributed by atoms with Gasteiger partial charge in [0.25, 0.3) is 0 Å². The van der Waals surface area contributed by atoms with Gasteiger partial charge in [0, 0.05) is 27.8 Å². The summed E-state index contributed by atoms with van der Waals surface area (Å²) in [5.41, 5.74) is 26.3. The molecule has 0 amide bonds. The Balaban J connectivity index is 0.871. The Hall–Kier alpha value is -9.76. The molecule has 2 nitrogen and oxygen atoms in total. The van der Waals surface area contributed by atoms with Gasteiger partial charge in [0.1, 0.15) is 0 Å². The zero-order chi connectivity index (χ0) is 50.0. The van der Waals surface area contributed by atoms with E-state index in [2.05, 4.69) is 301 Å². The molecule has 354 valence electrons. The van der Waals surface area contributed by atoms with E-state index in [1.54, 1.807) is 0 Å². The Kier molecular flexibility index (Phi) is 9.20. The Bertz CT molecular complexity index is 4400. The molecule has 12 aromatic carbocycles. The lowest BCUT2D eigenvalue weighted by atomic mass is 9.65. The van der Waals surface area contributed by atoms with Crippen molar-refractivity contribution >= 4 is 38.9 Å². The number of hydrogen-bond donors (Lipinski definition) is 0. The number of nitrogens with zero attached hydrogens (tertiary/aromatic N) is 2. The molecular formula is C74H48N2. The lowest BCUT2D eigenvalue weighted by Gasteiger charge is -2.39. The molecule has 1 aromatic heterocycles. The summed E-state index contributed by atoms with van der Waals surface area (Å²) in [4.78, 5) is 2.44. The minimum atomic E-state index is -0.525. The van der Waals surface area contributed by atoms with Gasteiger partial charge >= 0.3 is 0 Å². The van der Waals surface area contributed by atoms with E-state index in [0.29, 0.717) is 0 Å². The van der Waals surface area contributed by atoms with Gasteiger partial charge in [0.05, 0.1) is 27.6 Å². The highest BCUT2D eigenvalue weighted by Gasteiger charge is 2.51. The number of aromatic nitrogens is 1. The summed E-state index contributed by atoms with van der Waals surface area (Å²) in [6.07, 6.45) is 0. The molecule has 13 aromatic rings. The van der Waals surface area contributed by atoms with Crippen LogP contribution in [0.4, 0.5) is 17.1 Å². The van der Waals surface area contributed by atoms with Gasteiger partial charge in [-0.25, -0.2) is 0 Å². The predicted octanol–water partition coefficient (Wildman–Crippen LogP) is 18.6. The minimum Gasteiger partial charge on any atom is -0.310 e. The fourth-order valence-corrected chi connectivity index (χ4v) is 14.0. The molecule has 1 unspecified atom stereocenters. The quantitative estimate of drug-likeness (QED) is 0.155. The Morgan fingerprint density at radius 3 is 1.38 bits per heavy atom. The zero-order valence-electron chi connectivity index (χ0n) is 41.6. The maximum Gasteiger partial charge on any atom is 0.0754 e. The molecule has 0 N–H and O–H groups in total. The summed E-state index contributed by atoms with van der Waals surface area (Å²) in [7, 11) is 0. The highest BCUT2D eigenvalue weighted by atomic mass is 15.1. The van der Waals surface area contributed by atoms with Crippen LogP contribution in [-0.2, 0) is 10.8 Å². The van der Waals surface area contributed by atoms with E-state index in [-0.39, 0.29) is 0 Å². The van der Waals surface area contributed by atoms with Crippen LogP contribution in [0.5, 0.6) is 0 Å². The molecule has 16 rings (SSSR count). The molecule has 1 spiro atoms. The molecule has 0 saturated carbocycles. The number of rotatable bonds is 7. The molecule has 3 aliphatic rings. The first kappa shape index (κ1) is 42.7. The van der Waals surface area contributed by atoms with Crippen LogP contribution in [0.25, 0.3) is 72.0 Å². The van der Waals surface area contributed by atoms with Gasteiger partial charge in [-0.1, -0.05) is 237 Å². The minimum absolute atomic E-state index is 0.521. The van der Waals surface area contributed by atoms with Crippen molar-refractivity contribution in [1.29, 1.82) is 0 Å². The lowest BCUT2D eigenvalue weighted by molar-refractivity contribution is 0.749. The van der Waals surface area contributed by atoms with Gasteiger partial charge in [-0.2, -0.15) is 0 Å². The van der Waals surface area contributed by atoms with Gasteiger partial charge in [-0.15, -0.1) is 0 Å². The maximum absolute atomic E-state index is 2.52. The van der Waals surface area contributed by atoms with Crippen molar-refractivity contribution in [3.8, 4) is 50.2 Å². The zero-order valence-corrected chi connectivity index (χ0v) is 41.6. The number of hydrogen-bond acceptors (Lipinski definition) is 1. The summed E-state index contributed by atoms with van der Waals surface area (Å²) in [6, 6.07) is 109. The smallest absolute Gasteiger partial charge is 0.0754 e. The van der Waals surface area contributed by atoms with E-state index >= 15 is 0 Å². The highest BCUT2D eigenvalue weighted by Crippen LogP contribution is 2.62. The van der Waals surface area contributed by atoms with E-state index in [0.717, 1.165) is 17.1 Å². The molecular weight excluding hydrogens is 917 g/mol. The topological polar surface area (TPSA) is 8.17 Å². The van der Waals surface area contributed by atoms with E-state index < -0.39 is 10.8 Å². The van der Waals surface area contributed by atoms with E-state index in [1.807, 2.05) is 0 Å². The van der Waals surface area contributed by atoms with Crippen LogP contribution in [0.1, 0.15) is 44.5 Å². The summed E-state index contributed by atoms with van der Waals surface area (Å²) < 4.78 is 2.52. The standard InChI is InChI=1S/C74H48N2/c1-4-19-49(20-5-1)50-35-40-55(41-36-50)75(57-44-46-61-58-25-10-13-29-64(58)73(69(61)48-57,53-21-6-2-7-22-53)54-23-8-3-9-24-54)56-42-37-51(38-43-56)52-39-45-60-59-26-11-14-30-65(59)74(68(60)47-52)66-31-15-17-34-71(66)76-70-33-16-12-27-62(70)63-28-18-32-67(74)72(63)76/h1-48H. The Morgan fingerprint density at radius 1 is 0.263 bits per heavy atom. The van der Waals surface area contributed by atoms with Gasteiger partial charge in [-0.05, 0) is 144 Å². The summed E-state index contributed by atoms with van der Waals surface area (Å²) in [5, 5.41) is 2.57.